The molecule has 1 aromatic rings. The highest BCUT2D eigenvalue weighted by atomic mass is 14.9. The lowest BCUT2D eigenvalue weighted by Crippen LogP contribution is -2.29. The molecule has 1 aliphatic carbocycles. The first-order valence-corrected chi connectivity index (χ1v) is 6.50. The van der Waals surface area contributed by atoms with Gasteiger partial charge in [0, 0.05) is 12.6 Å². The molecule has 2 heteroatoms. The summed E-state index contributed by atoms with van der Waals surface area (Å²) >= 11 is 0. The van der Waals surface area contributed by atoms with E-state index in [-0.39, 0.29) is 0 Å². The molecule has 0 saturated heterocycles. The zero-order valence-corrected chi connectivity index (χ0v) is 10.4. The maximum absolute atomic E-state index is 8.71. The Labute approximate surface area is 104 Å². The summed E-state index contributed by atoms with van der Waals surface area (Å²) in [5.41, 5.74) is 1.99. The van der Waals surface area contributed by atoms with Crippen LogP contribution in [0.4, 0.5) is 0 Å². The largest absolute Gasteiger partial charge is 0.310 e. The van der Waals surface area contributed by atoms with E-state index in [2.05, 4.69) is 18.3 Å². The van der Waals surface area contributed by atoms with Crippen molar-refractivity contribution >= 4 is 0 Å². The highest BCUT2D eigenvalue weighted by Crippen LogP contribution is 2.30. The van der Waals surface area contributed by atoms with Gasteiger partial charge in [-0.2, -0.15) is 5.26 Å². The van der Waals surface area contributed by atoms with Gasteiger partial charge in [-0.25, -0.2) is 0 Å². The molecule has 90 valence electrons. The second kappa shape index (κ2) is 5.84. The molecule has 1 fully saturated rings. The van der Waals surface area contributed by atoms with Crippen LogP contribution in [0.5, 0.6) is 0 Å². The fraction of sp³-hybridized carbons (Fsp3) is 0.533. The van der Waals surface area contributed by atoms with Crippen molar-refractivity contribution in [2.24, 2.45) is 5.92 Å². The Balaban J connectivity index is 1.74. The van der Waals surface area contributed by atoms with Gasteiger partial charge in [-0.05, 0) is 37.0 Å². The van der Waals surface area contributed by atoms with Crippen molar-refractivity contribution in [3.05, 3.63) is 35.4 Å². The van der Waals surface area contributed by atoms with Gasteiger partial charge < -0.3 is 5.32 Å². The maximum Gasteiger partial charge on any atom is 0.0991 e. The third-order valence-electron chi connectivity index (χ3n) is 3.65. The van der Waals surface area contributed by atoms with Crippen molar-refractivity contribution in [1.82, 2.24) is 5.32 Å². The summed E-state index contributed by atoms with van der Waals surface area (Å²) in [5.74, 6) is 0.957. The molecule has 1 unspecified atom stereocenters. The van der Waals surface area contributed by atoms with E-state index in [4.69, 9.17) is 5.26 Å². The highest BCUT2D eigenvalue weighted by Gasteiger charge is 2.19. The van der Waals surface area contributed by atoms with Gasteiger partial charge in [0.25, 0.3) is 0 Å². The molecule has 0 bridgehead atoms. The summed E-state index contributed by atoms with van der Waals surface area (Å²) in [5, 5.41) is 12.3. The van der Waals surface area contributed by atoms with Crippen LogP contribution in [-0.2, 0) is 6.54 Å². The standard InChI is InChI=1S/C15H20N2/c1-12(9-13-3-2-4-13)17-11-15-7-5-14(10-16)6-8-15/h5-8,12-13,17H,2-4,9,11H2,1H3. The molecule has 1 N–H and O–H groups in total. The van der Waals surface area contributed by atoms with E-state index in [9.17, 15) is 0 Å². The first-order valence-electron chi connectivity index (χ1n) is 6.50. The Hall–Kier alpha value is -1.33. The normalized spacial score (nSPS) is 17.2. The van der Waals surface area contributed by atoms with Crippen LogP contribution < -0.4 is 5.32 Å². The lowest BCUT2D eigenvalue weighted by atomic mass is 9.81. The molecule has 0 aromatic heterocycles. The second-order valence-corrected chi connectivity index (χ2v) is 5.12. The molecule has 17 heavy (non-hydrogen) atoms. The van der Waals surface area contributed by atoms with Crippen molar-refractivity contribution in [2.45, 2.75) is 45.2 Å². The average molecular weight is 228 g/mol. The lowest BCUT2D eigenvalue weighted by Gasteiger charge is -2.28. The topological polar surface area (TPSA) is 35.8 Å². The molecule has 2 rings (SSSR count). The van der Waals surface area contributed by atoms with Gasteiger partial charge in [-0.1, -0.05) is 31.4 Å². The fourth-order valence-corrected chi connectivity index (χ4v) is 2.30. The van der Waals surface area contributed by atoms with E-state index < -0.39 is 0 Å². The third-order valence-corrected chi connectivity index (χ3v) is 3.65. The molecule has 1 aliphatic rings. The van der Waals surface area contributed by atoms with Crippen LogP contribution in [0.3, 0.4) is 0 Å². The number of rotatable bonds is 5. The summed E-state index contributed by atoms with van der Waals surface area (Å²) in [7, 11) is 0. The van der Waals surface area contributed by atoms with E-state index >= 15 is 0 Å². The molecular weight excluding hydrogens is 208 g/mol. The lowest BCUT2D eigenvalue weighted by molar-refractivity contribution is 0.265. The molecule has 1 atom stereocenters. The van der Waals surface area contributed by atoms with E-state index in [1.165, 1.54) is 31.2 Å². The number of nitrogens with one attached hydrogen (secondary N) is 1. The maximum atomic E-state index is 8.71. The fourth-order valence-electron chi connectivity index (χ4n) is 2.30. The van der Waals surface area contributed by atoms with Crippen molar-refractivity contribution in [3.8, 4) is 6.07 Å². The monoisotopic (exact) mass is 228 g/mol. The molecule has 1 aromatic carbocycles. The summed E-state index contributed by atoms with van der Waals surface area (Å²) in [6.45, 7) is 3.17. The minimum atomic E-state index is 0.593. The van der Waals surface area contributed by atoms with Crippen LogP contribution >= 0.6 is 0 Å². The molecule has 0 amide bonds. The van der Waals surface area contributed by atoms with Gasteiger partial charge in [0.1, 0.15) is 0 Å². The minimum absolute atomic E-state index is 0.593. The number of benzene rings is 1. The Kier molecular flexibility index (Phi) is 4.17. The second-order valence-electron chi connectivity index (χ2n) is 5.12. The molecule has 0 heterocycles. The van der Waals surface area contributed by atoms with Crippen LogP contribution in [0.1, 0.15) is 43.7 Å². The Morgan fingerprint density at radius 2 is 2.06 bits per heavy atom. The number of hydrogen-bond donors (Lipinski definition) is 1. The Morgan fingerprint density at radius 3 is 2.59 bits per heavy atom. The Morgan fingerprint density at radius 1 is 1.35 bits per heavy atom. The molecule has 0 spiro atoms. The van der Waals surface area contributed by atoms with Crippen LogP contribution in [0.25, 0.3) is 0 Å². The van der Waals surface area contributed by atoms with Crippen molar-refractivity contribution < 1.29 is 0 Å². The van der Waals surface area contributed by atoms with Crippen LogP contribution in [0.2, 0.25) is 0 Å². The average Bonchev–Trinajstić information content (AvgIpc) is 2.32. The first kappa shape index (κ1) is 12.1. The van der Waals surface area contributed by atoms with Crippen molar-refractivity contribution in [3.63, 3.8) is 0 Å². The predicted octanol–water partition coefficient (Wildman–Crippen LogP) is 3.23. The predicted molar refractivity (Wildman–Crippen MR) is 69.4 cm³/mol. The molecule has 0 aliphatic heterocycles. The SMILES string of the molecule is CC(CC1CCC1)NCc1ccc(C#N)cc1. The Bertz CT molecular complexity index is 384. The number of nitriles is 1. The van der Waals surface area contributed by atoms with E-state index in [1.54, 1.807) is 0 Å². The molecule has 0 radical (unpaired) electrons. The minimum Gasteiger partial charge on any atom is -0.310 e. The van der Waals surface area contributed by atoms with Crippen LogP contribution in [0, 0.1) is 17.2 Å². The van der Waals surface area contributed by atoms with Gasteiger partial charge in [0.2, 0.25) is 0 Å². The van der Waals surface area contributed by atoms with Crippen molar-refractivity contribution in [2.75, 3.05) is 0 Å². The highest BCUT2D eigenvalue weighted by molar-refractivity contribution is 5.31. The zero-order chi connectivity index (χ0) is 12.1. The van der Waals surface area contributed by atoms with Gasteiger partial charge in [0.05, 0.1) is 11.6 Å². The number of nitrogens with zero attached hydrogens (tertiary/aromatic N) is 1. The third kappa shape index (κ3) is 3.57. The van der Waals surface area contributed by atoms with Gasteiger partial charge in [-0.3, -0.25) is 0 Å². The van der Waals surface area contributed by atoms with Crippen LogP contribution in [0.15, 0.2) is 24.3 Å². The molecular formula is C15H20N2. The summed E-state index contributed by atoms with van der Waals surface area (Å²) in [6, 6.07) is 10.6. The summed E-state index contributed by atoms with van der Waals surface area (Å²) in [4.78, 5) is 0. The van der Waals surface area contributed by atoms with Crippen LogP contribution in [-0.4, -0.2) is 6.04 Å². The number of hydrogen-bond acceptors (Lipinski definition) is 2. The molecule has 2 nitrogen and oxygen atoms in total. The smallest absolute Gasteiger partial charge is 0.0991 e. The van der Waals surface area contributed by atoms with Gasteiger partial charge in [-0.15, -0.1) is 0 Å². The first-order chi connectivity index (χ1) is 8.28. The van der Waals surface area contributed by atoms with E-state index in [0.29, 0.717) is 6.04 Å². The van der Waals surface area contributed by atoms with E-state index in [0.717, 1.165) is 18.0 Å². The van der Waals surface area contributed by atoms with Crippen molar-refractivity contribution in [1.29, 1.82) is 5.26 Å². The van der Waals surface area contributed by atoms with E-state index in [1.807, 2.05) is 24.3 Å². The quantitative estimate of drug-likeness (QED) is 0.840. The summed E-state index contributed by atoms with van der Waals surface area (Å²) < 4.78 is 0. The zero-order valence-electron chi connectivity index (χ0n) is 10.4. The van der Waals surface area contributed by atoms with Gasteiger partial charge in [0.15, 0.2) is 0 Å². The van der Waals surface area contributed by atoms with Gasteiger partial charge >= 0.3 is 0 Å². The summed E-state index contributed by atoms with van der Waals surface area (Å²) in [6.07, 6.45) is 5.56. The molecule has 1 saturated carbocycles.